The van der Waals surface area contributed by atoms with Crippen molar-refractivity contribution in [2.75, 3.05) is 18.1 Å². The first-order valence-electron chi connectivity index (χ1n) is 7.67. The van der Waals surface area contributed by atoms with Crippen LogP contribution in [0.15, 0.2) is 30.6 Å². The zero-order valence-electron chi connectivity index (χ0n) is 13.5. The van der Waals surface area contributed by atoms with Crippen LogP contribution in [0.4, 0.5) is 11.8 Å². The molecule has 0 radical (unpaired) electrons. The van der Waals surface area contributed by atoms with Gasteiger partial charge in [-0.25, -0.2) is 4.98 Å². The maximum atomic E-state index is 5.94. The molecule has 4 N–H and O–H groups in total. The van der Waals surface area contributed by atoms with Gasteiger partial charge in [0.05, 0.1) is 5.52 Å². The average molecular weight is 321 g/mol. The van der Waals surface area contributed by atoms with Gasteiger partial charge in [-0.1, -0.05) is 5.92 Å². The summed E-state index contributed by atoms with van der Waals surface area (Å²) < 4.78 is 7.88. The molecule has 122 valence electrons. The summed E-state index contributed by atoms with van der Waals surface area (Å²) in [5.41, 5.74) is 14.5. The van der Waals surface area contributed by atoms with Gasteiger partial charge in [-0.2, -0.15) is 4.98 Å². The molecule has 0 spiro atoms. The summed E-state index contributed by atoms with van der Waals surface area (Å²) in [5.74, 6) is 3.83. The number of anilines is 2. The van der Waals surface area contributed by atoms with Crippen molar-refractivity contribution in [3.05, 3.63) is 41.7 Å². The summed E-state index contributed by atoms with van der Waals surface area (Å²) in [6.45, 7) is 3.19. The highest BCUT2D eigenvalue weighted by Gasteiger charge is 2.11. The fraction of sp³-hybridized carbons (Fsp3) is 0.222. The van der Waals surface area contributed by atoms with E-state index in [1.165, 1.54) is 0 Å². The quantitative estimate of drug-likeness (QED) is 0.703. The Balaban J connectivity index is 2.05. The number of hydrogen-bond acceptors (Lipinski definition) is 5. The molecule has 0 unspecified atom stereocenters. The van der Waals surface area contributed by atoms with Crippen LogP contribution in [0, 0.1) is 12.3 Å². The molecule has 6 heteroatoms. The zero-order valence-corrected chi connectivity index (χ0v) is 13.5. The molecule has 0 bridgehead atoms. The molecular formula is C18H19N5O. The standard InChI is InChI=1S/C18H19N5O/c1-3-7-24-16-10-12(8-13-11-21-18(20)22-17(13)19)9-15-14(16)5-6-23(15)4-2/h1,5-6,9-11H,4,7-8H2,2H3,(H4,19,20,21,22). The number of terminal acetylenes is 1. The Hall–Kier alpha value is -3.20. The minimum Gasteiger partial charge on any atom is -0.480 e. The Bertz CT molecular complexity index is 923. The zero-order chi connectivity index (χ0) is 17.1. The van der Waals surface area contributed by atoms with Crippen LogP contribution in [0.1, 0.15) is 18.1 Å². The first kappa shape index (κ1) is 15.7. The summed E-state index contributed by atoms with van der Waals surface area (Å²) in [4.78, 5) is 8.03. The largest absolute Gasteiger partial charge is 0.480 e. The van der Waals surface area contributed by atoms with Gasteiger partial charge in [0, 0.05) is 36.3 Å². The third-order valence-corrected chi connectivity index (χ3v) is 3.87. The van der Waals surface area contributed by atoms with Gasteiger partial charge in [-0.15, -0.1) is 6.42 Å². The molecule has 1 aromatic carbocycles. The van der Waals surface area contributed by atoms with Crippen LogP contribution in [0.2, 0.25) is 0 Å². The van der Waals surface area contributed by atoms with E-state index in [1.807, 2.05) is 18.3 Å². The van der Waals surface area contributed by atoms with Crippen LogP contribution < -0.4 is 16.2 Å². The van der Waals surface area contributed by atoms with Crippen molar-refractivity contribution in [2.45, 2.75) is 19.9 Å². The van der Waals surface area contributed by atoms with Crippen LogP contribution in [0.5, 0.6) is 5.75 Å². The van der Waals surface area contributed by atoms with Crippen LogP contribution >= 0.6 is 0 Å². The van der Waals surface area contributed by atoms with E-state index < -0.39 is 0 Å². The van der Waals surface area contributed by atoms with Crippen molar-refractivity contribution in [1.29, 1.82) is 0 Å². The van der Waals surface area contributed by atoms with E-state index in [0.29, 0.717) is 12.2 Å². The Morgan fingerprint density at radius 1 is 1.33 bits per heavy atom. The predicted molar refractivity (Wildman–Crippen MR) is 95.6 cm³/mol. The normalized spacial score (nSPS) is 10.7. The molecule has 0 aliphatic rings. The lowest BCUT2D eigenvalue weighted by atomic mass is 10.0. The number of aryl methyl sites for hydroxylation is 1. The van der Waals surface area contributed by atoms with Crippen LogP contribution in [-0.4, -0.2) is 21.1 Å². The number of fused-ring (bicyclic) bond motifs is 1. The van der Waals surface area contributed by atoms with Crippen molar-refractivity contribution in [3.8, 4) is 18.1 Å². The third-order valence-electron chi connectivity index (χ3n) is 3.87. The number of aromatic nitrogens is 3. The molecule has 3 rings (SSSR count). The molecule has 0 aliphatic carbocycles. The number of benzene rings is 1. The molecule has 2 aromatic heterocycles. The van der Waals surface area contributed by atoms with E-state index in [-0.39, 0.29) is 12.6 Å². The van der Waals surface area contributed by atoms with Gasteiger partial charge in [0.25, 0.3) is 0 Å². The maximum Gasteiger partial charge on any atom is 0.221 e. The van der Waals surface area contributed by atoms with E-state index in [9.17, 15) is 0 Å². The van der Waals surface area contributed by atoms with Gasteiger partial charge in [-0.05, 0) is 30.7 Å². The summed E-state index contributed by atoms with van der Waals surface area (Å²) in [5, 5.41) is 1.04. The van der Waals surface area contributed by atoms with Crippen LogP contribution in [0.25, 0.3) is 10.9 Å². The van der Waals surface area contributed by atoms with Crippen molar-refractivity contribution in [3.63, 3.8) is 0 Å². The second-order valence-electron chi connectivity index (χ2n) is 5.44. The lowest BCUT2D eigenvalue weighted by Gasteiger charge is -2.11. The minimum absolute atomic E-state index is 0.171. The lowest BCUT2D eigenvalue weighted by Crippen LogP contribution is -2.04. The molecule has 3 aromatic rings. The van der Waals surface area contributed by atoms with Gasteiger partial charge in [0.2, 0.25) is 5.95 Å². The smallest absolute Gasteiger partial charge is 0.221 e. The van der Waals surface area contributed by atoms with Crippen molar-refractivity contribution in [2.24, 2.45) is 0 Å². The molecule has 24 heavy (non-hydrogen) atoms. The Kier molecular flexibility index (Phi) is 4.25. The number of ether oxygens (including phenoxy) is 1. The summed E-state index contributed by atoms with van der Waals surface area (Å²) in [6, 6.07) is 6.14. The highest BCUT2D eigenvalue weighted by Crippen LogP contribution is 2.30. The van der Waals surface area contributed by atoms with E-state index in [4.69, 9.17) is 22.6 Å². The molecule has 0 saturated carbocycles. The maximum absolute atomic E-state index is 5.94. The van der Waals surface area contributed by atoms with Gasteiger partial charge in [-0.3, -0.25) is 0 Å². The first-order chi connectivity index (χ1) is 11.6. The van der Waals surface area contributed by atoms with Gasteiger partial charge in [0.1, 0.15) is 18.2 Å². The molecule has 0 amide bonds. The Morgan fingerprint density at radius 2 is 2.17 bits per heavy atom. The fourth-order valence-corrected chi connectivity index (χ4v) is 2.72. The lowest BCUT2D eigenvalue weighted by molar-refractivity contribution is 0.374. The van der Waals surface area contributed by atoms with Gasteiger partial charge >= 0.3 is 0 Å². The average Bonchev–Trinajstić information content (AvgIpc) is 2.98. The number of nitrogens with zero attached hydrogens (tertiary/aromatic N) is 3. The topological polar surface area (TPSA) is 92.0 Å². The van der Waals surface area contributed by atoms with Crippen molar-refractivity contribution >= 4 is 22.7 Å². The third kappa shape index (κ3) is 2.97. The number of hydrogen-bond donors (Lipinski definition) is 2. The molecule has 0 atom stereocenters. The molecule has 0 aliphatic heterocycles. The summed E-state index contributed by atoms with van der Waals surface area (Å²) in [6.07, 6.45) is 9.60. The molecule has 0 saturated heterocycles. The second-order valence-corrected chi connectivity index (χ2v) is 5.44. The molecule has 2 heterocycles. The van der Waals surface area contributed by atoms with Gasteiger partial charge < -0.3 is 20.8 Å². The molecule has 0 fully saturated rings. The number of nitrogen functional groups attached to an aromatic ring is 2. The number of rotatable bonds is 5. The molecule has 6 nitrogen and oxygen atoms in total. The van der Waals surface area contributed by atoms with E-state index >= 15 is 0 Å². The van der Waals surface area contributed by atoms with E-state index in [1.54, 1.807) is 6.20 Å². The van der Waals surface area contributed by atoms with Gasteiger partial charge in [0.15, 0.2) is 0 Å². The van der Waals surface area contributed by atoms with Crippen molar-refractivity contribution in [1.82, 2.24) is 14.5 Å². The summed E-state index contributed by atoms with van der Waals surface area (Å²) in [7, 11) is 0. The van der Waals surface area contributed by atoms with Crippen LogP contribution in [-0.2, 0) is 13.0 Å². The second kappa shape index (κ2) is 6.50. The fourth-order valence-electron chi connectivity index (χ4n) is 2.72. The van der Waals surface area contributed by atoms with E-state index in [2.05, 4.69) is 33.4 Å². The first-order valence-corrected chi connectivity index (χ1v) is 7.67. The van der Waals surface area contributed by atoms with Crippen molar-refractivity contribution < 1.29 is 4.74 Å². The highest BCUT2D eigenvalue weighted by molar-refractivity contribution is 5.87. The van der Waals surface area contributed by atoms with Crippen LogP contribution in [0.3, 0.4) is 0 Å². The minimum atomic E-state index is 0.171. The Morgan fingerprint density at radius 3 is 2.88 bits per heavy atom. The summed E-state index contributed by atoms with van der Waals surface area (Å²) >= 11 is 0. The SMILES string of the molecule is C#CCOc1cc(Cc2cnc(N)nc2N)cc2c1ccn2CC. The Labute approximate surface area is 140 Å². The van der Waals surface area contributed by atoms with E-state index in [0.717, 1.165) is 34.3 Å². The monoisotopic (exact) mass is 321 g/mol. The predicted octanol–water partition coefficient (Wildman–Crippen LogP) is 2.22. The molecular weight excluding hydrogens is 302 g/mol. The number of nitrogens with two attached hydrogens (primary N) is 2. The highest BCUT2D eigenvalue weighted by atomic mass is 16.5.